The Balaban J connectivity index is 2.07. The predicted octanol–water partition coefficient (Wildman–Crippen LogP) is 2.01. The van der Waals surface area contributed by atoms with Crippen LogP contribution in [0.4, 0.5) is 10.1 Å². The van der Waals surface area contributed by atoms with Crippen molar-refractivity contribution in [3.05, 3.63) is 47.0 Å². The zero-order valence-electron chi connectivity index (χ0n) is 10.0. The van der Waals surface area contributed by atoms with Gasteiger partial charge in [0.05, 0.1) is 5.02 Å². The molecule has 1 aromatic carbocycles. The number of carbonyl (C=O) groups is 2. The zero-order valence-corrected chi connectivity index (χ0v) is 10.8. The zero-order chi connectivity index (χ0) is 14.7. The van der Waals surface area contributed by atoms with Gasteiger partial charge in [0.25, 0.3) is 0 Å². The number of hydrogen-bond acceptors (Lipinski definition) is 3. The first-order valence-electron chi connectivity index (χ1n) is 5.47. The van der Waals surface area contributed by atoms with Gasteiger partial charge in [-0.2, -0.15) is 5.10 Å². The molecule has 104 valence electrons. The number of benzene rings is 1. The first-order valence-corrected chi connectivity index (χ1v) is 5.85. The van der Waals surface area contributed by atoms with Crippen molar-refractivity contribution in [2.45, 2.75) is 6.54 Å². The molecule has 0 spiro atoms. The summed E-state index contributed by atoms with van der Waals surface area (Å²) in [6.45, 7) is -0.274. The molecule has 1 aromatic heterocycles. The first-order chi connectivity index (χ1) is 9.47. The fourth-order valence-electron chi connectivity index (χ4n) is 1.55. The number of aromatic nitrogens is 2. The predicted molar refractivity (Wildman–Crippen MR) is 69.2 cm³/mol. The van der Waals surface area contributed by atoms with Gasteiger partial charge in [0, 0.05) is 11.9 Å². The Morgan fingerprint density at radius 1 is 1.40 bits per heavy atom. The van der Waals surface area contributed by atoms with E-state index >= 15 is 0 Å². The molecule has 0 aliphatic heterocycles. The van der Waals surface area contributed by atoms with E-state index in [1.807, 2.05) is 0 Å². The molecule has 0 aliphatic rings. The van der Waals surface area contributed by atoms with Crippen LogP contribution >= 0.6 is 11.6 Å². The Morgan fingerprint density at radius 3 is 2.80 bits per heavy atom. The third-order valence-electron chi connectivity index (χ3n) is 2.43. The summed E-state index contributed by atoms with van der Waals surface area (Å²) in [7, 11) is 0. The van der Waals surface area contributed by atoms with Gasteiger partial charge in [-0.15, -0.1) is 0 Å². The lowest BCUT2D eigenvalue weighted by Gasteiger charge is -2.07. The van der Waals surface area contributed by atoms with E-state index in [0.717, 1.165) is 10.7 Å². The lowest BCUT2D eigenvalue weighted by molar-refractivity contribution is -0.116. The van der Waals surface area contributed by atoms with Crippen LogP contribution in [0, 0.1) is 5.82 Å². The summed E-state index contributed by atoms with van der Waals surface area (Å²) >= 11 is 5.59. The lowest BCUT2D eigenvalue weighted by Crippen LogP contribution is -2.22. The average Bonchev–Trinajstić information content (AvgIpc) is 2.82. The van der Waals surface area contributed by atoms with Crippen LogP contribution in [0.3, 0.4) is 0 Å². The number of anilines is 1. The largest absolute Gasteiger partial charge is 0.477 e. The Bertz CT molecular complexity index is 672. The summed E-state index contributed by atoms with van der Waals surface area (Å²) in [6, 6.07) is 5.01. The smallest absolute Gasteiger partial charge is 0.354 e. The van der Waals surface area contributed by atoms with Crippen molar-refractivity contribution in [2.75, 3.05) is 5.32 Å². The number of nitrogens with zero attached hydrogens (tertiary/aromatic N) is 2. The molecule has 0 bridgehead atoms. The van der Waals surface area contributed by atoms with Crippen molar-refractivity contribution < 1.29 is 19.1 Å². The highest BCUT2D eigenvalue weighted by Gasteiger charge is 2.13. The number of hydrogen-bond donors (Lipinski definition) is 2. The van der Waals surface area contributed by atoms with Crippen LogP contribution in [0.5, 0.6) is 0 Å². The molecule has 2 rings (SSSR count). The number of halogens is 2. The summed E-state index contributed by atoms with van der Waals surface area (Å²) in [4.78, 5) is 22.6. The minimum atomic E-state index is -1.18. The van der Waals surface area contributed by atoms with Crippen molar-refractivity contribution >= 4 is 29.2 Å². The number of carbonyl (C=O) groups excluding carboxylic acids is 1. The molecule has 0 unspecified atom stereocenters. The Hall–Kier alpha value is -2.41. The van der Waals surface area contributed by atoms with Crippen molar-refractivity contribution in [3.8, 4) is 0 Å². The second-order valence-electron chi connectivity index (χ2n) is 3.86. The maximum absolute atomic E-state index is 13.0. The Morgan fingerprint density at radius 2 is 2.15 bits per heavy atom. The van der Waals surface area contributed by atoms with Gasteiger partial charge < -0.3 is 10.4 Å². The molecule has 0 aliphatic carbocycles. The highest BCUT2D eigenvalue weighted by atomic mass is 35.5. The average molecular weight is 298 g/mol. The van der Waals surface area contributed by atoms with Crippen molar-refractivity contribution in [1.82, 2.24) is 9.78 Å². The number of rotatable bonds is 4. The fraction of sp³-hybridized carbons (Fsp3) is 0.0833. The van der Waals surface area contributed by atoms with E-state index in [4.69, 9.17) is 16.7 Å². The summed E-state index contributed by atoms with van der Waals surface area (Å²) in [5.74, 6) is -2.27. The van der Waals surface area contributed by atoms with Crippen LogP contribution < -0.4 is 5.32 Å². The third kappa shape index (κ3) is 3.12. The molecule has 2 N–H and O–H groups in total. The van der Waals surface area contributed by atoms with Crippen molar-refractivity contribution in [2.24, 2.45) is 0 Å². The van der Waals surface area contributed by atoms with Crippen LogP contribution in [0.1, 0.15) is 10.5 Å². The summed E-state index contributed by atoms with van der Waals surface area (Å²) < 4.78 is 14.0. The summed E-state index contributed by atoms with van der Waals surface area (Å²) in [6.07, 6.45) is 1.28. The molecule has 0 radical (unpaired) electrons. The van der Waals surface area contributed by atoms with E-state index in [2.05, 4.69) is 10.4 Å². The number of carboxylic acids is 1. The van der Waals surface area contributed by atoms with E-state index in [1.165, 1.54) is 24.4 Å². The van der Waals surface area contributed by atoms with Crippen LogP contribution in [0.2, 0.25) is 5.02 Å². The van der Waals surface area contributed by atoms with E-state index in [1.54, 1.807) is 0 Å². The van der Waals surface area contributed by atoms with Crippen LogP contribution in [-0.4, -0.2) is 26.8 Å². The number of aromatic carboxylic acids is 1. The molecule has 1 amide bonds. The van der Waals surface area contributed by atoms with Gasteiger partial charge in [0.15, 0.2) is 0 Å². The summed E-state index contributed by atoms with van der Waals surface area (Å²) in [5.41, 5.74) is 0.211. The van der Waals surface area contributed by atoms with Crippen molar-refractivity contribution in [3.63, 3.8) is 0 Å². The minimum Gasteiger partial charge on any atom is -0.477 e. The van der Waals surface area contributed by atoms with Gasteiger partial charge in [0.1, 0.15) is 18.1 Å². The number of amides is 1. The monoisotopic (exact) mass is 297 g/mol. The minimum absolute atomic E-state index is 0.0997. The second kappa shape index (κ2) is 5.70. The molecule has 2 aromatic rings. The van der Waals surface area contributed by atoms with E-state index in [0.29, 0.717) is 5.69 Å². The van der Waals surface area contributed by atoms with E-state index in [-0.39, 0.29) is 17.3 Å². The maximum atomic E-state index is 13.0. The normalized spacial score (nSPS) is 10.3. The van der Waals surface area contributed by atoms with Crippen LogP contribution in [0.15, 0.2) is 30.5 Å². The second-order valence-corrected chi connectivity index (χ2v) is 4.26. The van der Waals surface area contributed by atoms with Gasteiger partial charge >= 0.3 is 5.97 Å². The van der Waals surface area contributed by atoms with E-state index in [9.17, 15) is 14.0 Å². The molecule has 1 heterocycles. The number of carboxylic acid groups (broad SMARTS) is 1. The highest BCUT2D eigenvalue weighted by molar-refractivity contribution is 6.31. The maximum Gasteiger partial charge on any atom is 0.354 e. The molecular formula is C12H9ClFN3O3. The van der Waals surface area contributed by atoms with Gasteiger partial charge in [-0.25, -0.2) is 13.9 Å². The quantitative estimate of drug-likeness (QED) is 0.904. The van der Waals surface area contributed by atoms with Gasteiger partial charge in [0.2, 0.25) is 5.91 Å². The first kappa shape index (κ1) is 14.0. The molecule has 0 saturated carbocycles. The standard InChI is InChI=1S/C12H9ClFN3O3/c13-8-5-7(1-2-9(8)14)16-11(18)6-17-10(12(19)20)3-4-15-17/h1-5H,6H2,(H,16,18)(H,19,20). The topological polar surface area (TPSA) is 84.2 Å². The Labute approximate surface area is 117 Å². The lowest BCUT2D eigenvalue weighted by atomic mass is 10.3. The van der Waals surface area contributed by atoms with Crippen LogP contribution in [-0.2, 0) is 11.3 Å². The molecule has 0 fully saturated rings. The Kier molecular flexibility index (Phi) is 3.99. The molecule has 8 heteroatoms. The van der Waals surface area contributed by atoms with Gasteiger partial charge in [-0.05, 0) is 24.3 Å². The molecular weight excluding hydrogens is 289 g/mol. The van der Waals surface area contributed by atoms with Crippen molar-refractivity contribution in [1.29, 1.82) is 0 Å². The third-order valence-corrected chi connectivity index (χ3v) is 2.72. The van der Waals surface area contributed by atoms with Gasteiger partial charge in [-0.3, -0.25) is 4.79 Å². The van der Waals surface area contributed by atoms with Gasteiger partial charge in [-0.1, -0.05) is 11.6 Å². The molecule has 20 heavy (non-hydrogen) atoms. The molecule has 0 atom stereocenters. The molecule has 6 nitrogen and oxygen atoms in total. The molecule has 0 saturated heterocycles. The number of nitrogens with one attached hydrogen (secondary N) is 1. The van der Waals surface area contributed by atoms with Crippen LogP contribution in [0.25, 0.3) is 0 Å². The fourth-order valence-corrected chi connectivity index (χ4v) is 1.73. The summed E-state index contributed by atoms with van der Waals surface area (Å²) in [5, 5.41) is 15.0. The van der Waals surface area contributed by atoms with E-state index < -0.39 is 17.7 Å². The SMILES string of the molecule is O=C(Cn1nccc1C(=O)O)Nc1ccc(F)c(Cl)c1. The highest BCUT2D eigenvalue weighted by Crippen LogP contribution is 2.19.